The van der Waals surface area contributed by atoms with E-state index in [1.165, 1.54) is 0 Å². The van der Waals surface area contributed by atoms with Crippen molar-refractivity contribution in [3.8, 4) is 0 Å². The van der Waals surface area contributed by atoms with Gasteiger partial charge in [-0.25, -0.2) is 0 Å². The number of ether oxygens (including phenoxy) is 1. The van der Waals surface area contributed by atoms with Crippen LogP contribution >= 0.6 is 0 Å². The maximum atomic E-state index is 12.7. The van der Waals surface area contributed by atoms with Gasteiger partial charge in [-0.2, -0.15) is 0 Å². The summed E-state index contributed by atoms with van der Waals surface area (Å²) < 4.78 is 5.38. The number of hydrogen-bond acceptors (Lipinski definition) is 4. The molecule has 0 N–H and O–H groups in total. The van der Waals surface area contributed by atoms with Crippen molar-refractivity contribution in [2.45, 2.75) is 32.2 Å². The number of nitrogens with zero attached hydrogens (tertiary/aromatic N) is 3. The number of pyridine rings is 1. The molecule has 1 aromatic rings. The van der Waals surface area contributed by atoms with Gasteiger partial charge >= 0.3 is 0 Å². The Kier molecular flexibility index (Phi) is 6.02. The minimum atomic E-state index is -0.219. The molecule has 136 valence electrons. The van der Waals surface area contributed by atoms with E-state index in [1.807, 2.05) is 19.2 Å². The zero-order valence-electron chi connectivity index (χ0n) is 14.9. The fourth-order valence-electron chi connectivity index (χ4n) is 3.64. The van der Waals surface area contributed by atoms with Crippen LogP contribution in [0.1, 0.15) is 31.2 Å². The average Bonchev–Trinajstić information content (AvgIpc) is 3.01. The first-order valence-electron chi connectivity index (χ1n) is 9.13. The van der Waals surface area contributed by atoms with Crippen LogP contribution in [0, 0.1) is 11.8 Å². The Morgan fingerprint density at radius 1 is 1.40 bits per heavy atom. The molecule has 0 saturated carbocycles. The first-order chi connectivity index (χ1) is 12.1. The minimum Gasteiger partial charge on any atom is -0.381 e. The highest BCUT2D eigenvalue weighted by Crippen LogP contribution is 2.23. The van der Waals surface area contributed by atoms with Crippen molar-refractivity contribution >= 4 is 11.8 Å². The summed E-state index contributed by atoms with van der Waals surface area (Å²) >= 11 is 0. The summed E-state index contributed by atoms with van der Waals surface area (Å²) in [6.45, 7) is 3.47. The monoisotopic (exact) mass is 345 g/mol. The summed E-state index contributed by atoms with van der Waals surface area (Å²) in [6.07, 6.45) is 7.00. The number of rotatable bonds is 6. The van der Waals surface area contributed by atoms with Crippen LogP contribution in [-0.4, -0.2) is 59.9 Å². The summed E-state index contributed by atoms with van der Waals surface area (Å²) in [4.78, 5) is 32.6. The van der Waals surface area contributed by atoms with Crippen molar-refractivity contribution in [1.82, 2.24) is 14.8 Å². The van der Waals surface area contributed by atoms with Crippen molar-refractivity contribution in [3.63, 3.8) is 0 Å². The molecule has 0 bridgehead atoms. The largest absolute Gasteiger partial charge is 0.381 e. The van der Waals surface area contributed by atoms with Gasteiger partial charge in [0.25, 0.3) is 0 Å². The summed E-state index contributed by atoms with van der Waals surface area (Å²) in [6, 6.07) is 3.82. The highest BCUT2D eigenvalue weighted by atomic mass is 16.5. The molecule has 2 amide bonds. The first kappa shape index (κ1) is 17.9. The predicted molar refractivity (Wildman–Crippen MR) is 93.6 cm³/mol. The summed E-state index contributed by atoms with van der Waals surface area (Å²) in [5.74, 6) is 0.578. The number of carbonyl (C=O) groups is 2. The van der Waals surface area contributed by atoms with Gasteiger partial charge in [-0.15, -0.1) is 0 Å². The molecule has 2 fully saturated rings. The topological polar surface area (TPSA) is 62.7 Å². The molecule has 0 unspecified atom stereocenters. The van der Waals surface area contributed by atoms with Crippen LogP contribution in [0.15, 0.2) is 24.5 Å². The van der Waals surface area contributed by atoms with Gasteiger partial charge in [0.2, 0.25) is 11.8 Å². The van der Waals surface area contributed by atoms with E-state index in [0.717, 1.165) is 44.6 Å². The van der Waals surface area contributed by atoms with E-state index in [0.29, 0.717) is 25.4 Å². The van der Waals surface area contributed by atoms with Crippen LogP contribution < -0.4 is 0 Å². The van der Waals surface area contributed by atoms with E-state index in [-0.39, 0.29) is 17.7 Å². The number of hydrogen-bond donors (Lipinski definition) is 0. The van der Waals surface area contributed by atoms with Crippen LogP contribution in [0.3, 0.4) is 0 Å². The smallest absolute Gasteiger partial charge is 0.227 e. The Labute approximate surface area is 149 Å². The molecule has 3 heterocycles. The van der Waals surface area contributed by atoms with Gasteiger partial charge in [-0.05, 0) is 36.8 Å². The maximum absolute atomic E-state index is 12.7. The lowest BCUT2D eigenvalue weighted by Gasteiger charge is -2.26. The third-order valence-electron chi connectivity index (χ3n) is 5.25. The predicted octanol–water partition coefficient (Wildman–Crippen LogP) is 1.71. The first-order valence-corrected chi connectivity index (χ1v) is 9.13. The molecule has 1 aromatic heterocycles. The summed E-state index contributed by atoms with van der Waals surface area (Å²) in [5, 5.41) is 0. The molecule has 3 rings (SSSR count). The Balaban J connectivity index is 1.47. The molecule has 0 spiro atoms. The molecular weight excluding hydrogens is 318 g/mol. The lowest BCUT2D eigenvalue weighted by Crippen LogP contribution is -2.36. The highest BCUT2D eigenvalue weighted by Gasteiger charge is 2.35. The Bertz CT molecular complexity index is 587. The molecule has 0 radical (unpaired) electrons. The zero-order valence-corrected chi connectivity index (χ0v) is 14.9. The molecule has 2 aliphatic heterocycles. The van der Waals surface area contributed by atoms with Crippen LogP contribution in [-0.2, 0) is 20.9 Å². The zero-order chi connectivity index (χ0) is 17.6. The number of likely N-dealkylation sites (tertiary alicyclic amines) is 1. The van der Waals surface area contributed by atoms with Crippen molar-refractivity contribution in [3.05, 3.63) is 30.1 Å². The van der Waals surface area contributed by atoms with Gasteiger partial charge in [0.15, 0.2) is 0 Å². The fraction of sp³-hybridized carbons (Fsp3) is 0.632. The van der Waals surface area contributed by atoms with Crippen LogP contribution in [0.2, 0.25) is 0 Å². The maximum Gasteiger partial charge on any atom is 0.227 e. The quantitative estimate of drug-likeness (QED) is 0.787. The van der Waals surface area contributed by atoms with E-state index in [9.17, 15) is 9.59 Å². The molecule has 1 atom stereocenters. The lowest BCUT2D eigenvalue weighted by atomic mass is 9.96. The van der Waals surface area contributed by atoms with E-state index < -0.39 is 0 Å². The van der Waals surface area contributed by atoms with E-state index in [1.54, 1.807) is 22.2 Å². The molecule has 2 aliphatic rings. The molecule has 6 heteroatoms. The van der Waals surface area contributed by atoms with E-state index in [4.69, 9.17) is 4.74 Å². The second-order valence-electron chi connectivity index (χ2n) is 7.14. The number of carbonyl (C=O) groups excluding carboxylic acids is 2. The van der Waals surface area contributed by atoms with Crippen LogP contribution in [0.5, 0.6) is 0 Å². The van der Waals surface area contributed by atoms with Gasteiger partial charge in [0.1, 0.15) is 0 Å². The van der Waals surface area contributed by atoms with Gasteiger partial charge in [-0.1, -0.05) is 6.07 Å². The van der Waals surface area contributed by atoms with Crippen molar-refractivity contribution in [2.24, 2.45) is 11.8 Å². The van der Waals surface area contributed by atoms with E-state index >= 15 is 0 Å². The van der Waals surface area contributed by atoms with Crippen molar-refractivity contribution < 1.29 is 14.3 Å². The second-order valence-corrected chi connectivity index (χ2v) is 7.14. The number of aromatic nitrogens is 1. The van der Waals surface area contributed by atoms with Crippen molar-refractivity contribution in [2.75, 3.05) is 33.4 Å². The van der Waals surface area contributed by atoms with Gasteiger partial charge in [0.05, 0.1) is 5.92 Å². The third-order valence-corrected chi connectivity index (χ3v) is 5.25. The fourth-order valence-corrected chi connectivity index (χ4v) is 3.64. The standard InChI is InChI=1S/C19H27N3O3/c1-21(8-4-15-5-9-25-10-6-15)19(24)17-11-18(23)22(14-17)13-16-3-2-7-20-12-16/h2-3,7,12,15,17H,4-6,8-11,13-14H2,1H3/t17-/m1/s1. The van der Waals surface area contributed by atoms with Gasteiger partial charge < -0.3 is 14.5 Å². The van der Waals surface area contributed by atoms with Crippen LogP contribution in [0.4, 0.5) is 0 Å². The Morgan fingerprint density at radius 2 is 2.20 bits per heavy atom. The summed E-state index contributed by atoms with van der Waals surface area (Å²) in [7, 11) is 1.86. The molecule has 0 aromatic carbocycles. The molecule has 2 saturated heterocycles. The molecule has 6 nitrogen and oxygen atoms in total. The third kappa shape index (κ3) is 4.78. The Hall–Kier alpha value is -1.95. The summed E-state index contributed by atoms with van der Waals surface area (Å²) in [5.41, 5.74) is 0.997. The van der Waals surface area contributed by atoms with Gasteiger partial charge in [-0.3, -0.25) is 14.6 Å². The number of amides is 2. The average molecular weight is 345 g/mol. The molecule has 25 heavy (non-hydrogen) atoms. The van der Waals surface area contributed by atoms with Gasteiger partial charge in [0, 0.05) is 58.7 Å². The second kappa shape index (κ2) is 8.43. The normalized spacial score (nSPS) is 21.6. The SMILES string of the molecule is CN(CCC1CCOCC1)C(=O)[C@@H]1CC(=O)N(Cc2cccnc2)C1. The van der Waals surface area contributed by atoms with Crippen molar-refractivity contribution in [1.29, 1.82) is 0 Å². The minimum absolute atomic E-state index is 0.0556. The van der Waals surface area contributed by atoms with E-state index in [2.05, 4.69) is 4.98 Å². The molecule has 0 aliphatic carbocycles. The molecular formula is C19H27N3O3. The van der Waals surface area contributed by atoms with Crippen LogP contribution in [0.25, 0.3) is 0 Å². The Morgan fingerprint density at radius 3 is 2.92 bits per heavy atom. The lowest BCUT2D eigenvalue weighted by molar-refractivity contribution is -0.134. The highest BCUT2D eigenvalue weighted by molar-refractivity contribution is 5.89.